The molecule has 0 aromatic heterocycles. The van der Waals surface area contributed by atoms with Crippen LogP contribution in [0.5, 0.6) is 5.75 Å². The van der Waals surface area contributed by atoms with Crippen molar-refractivity contribution in [1.29, 1.82) is 0 Å². The van der Waals surface area contributed by atoms with E-state index >= 15 is 0 Å². The average Bonchev–Trinajstić information content (AvgIpc) is 2.67. The van der Waals surface area contributed by atoms with Gasteiger partial charge in [0.25, 0.3) is 5.91 Å². The number of amides is 2. The Hall–Kier alpha value is -2.19. The molecule has 2 fully saturated rings. The van der Waals surface area contributed by atoms with E-state index in [-0.39, 0.29) is 36.4 Å². The van der Waals surface area contributed by atoms with Gasteiger partial charge >= 0.3 is 0 Å². The lowest BCUT2D eigenvalue weighted by Crippen LogP contribution is -2.60. The number of morpholine rings is 1. The molecule has 26 heavy (non-hydrogen) atoms. The molecular formula is C18H24FN3O4. The number of carbonyl (C=O) groups excluding carboxylic acids is 2. The van der Waals surface area contributed by atoms with Crippen LogP contribution < -0.4 is 10.1 Å². The van der Waals surface area contributed by atoms with Crippen molar-refractivity contribution in [3.05, 3.63) is 30.1 Å². The number of hydrogen-bond donors (Lipinski definition) is 1. The fourth-order valence-corrected chi connectivity index (χ4v) is 3.15. The first-order valence-electron chi connectivity index (χ1n) is 8.84. The van der Waals surface area contributed by atoms with Gasteiger partial charge in [-0.15, -0.1) is 0 Å². The average molecular weight is 365 g/mol. The molecule has 1 aromatic rings. The first-order chi connectivity index (χ1) is 12.5. The molecule has 0 radical (unpaired) electrons. The highest BCUT2D eigenvalue weighted by atomic mass is 19.1. The largest absolute Gasteiger partial charge is 0.484 e. The predicted octanol–water partition coefficient (Wildman–Crippen LogP) is 0.252. The molecule has 2 aliphatic rings. The second-order valence-electron chi connectivity index (χ2n) is 6.46. The van der Waals surface area contributed by atoms with Gasteiger partial charge in [0.15, 0.2) is 6.61 Å². The number of benzene rings is 1. The number of nitrogens with zero attached hydrogens (tertiary/aromatic N) is 2. The van der Waals surface area contributed by atoms with Gasteiger partial charge in [-0.05, 0) is 31.2 Å². The number of piperazine rings is 1. The third kappa shape index (κ3) is 4.50. The van der Waals surface area contributed by atoms with Crippen molar-refractivity contribution in [2.75, 3.05) is 45.9 Å². The van der Waals surface area contributed by atoms with Crippen LogP contribution in [0.3, 0.4) is 0 Å². The van der Waals surface area contributed by atoms with E-state index in [9.17, 15) is 14.0 Å². The number of ether oxygens (including phenoxy) is 2. The Morgan fingerprint density at radius 3 is 2.50 bits per heavy atom. The van der Waals surface area contributed by atoms with E-state index in [4.69, 9.17) is 9.47 Å². The Morgan fingerprint density at radius 1 is 1.19 bits per heavy atom. The van der Waals surface area contributed by atoms with Gasteiger partial charge in [-0.1, -0.05) is 0 Å². The summed E-state index contributed by atoms with van der Waals surface area (Å²) in [4.78, 5) is 28.3. The van der Waals surface area contributed by atoms with Crippen molar-refractivity contribution in [1.82, 2.24) is 15.1 Å². The van der Waals surface area contributed by atoms with Crippen LogP contribution in [-0.4, -0.2) is 79.7 Å². The van der Waals surface area contributed by atoms with Crippen LogP contribution in [0, 0.1) is 5.82 Å². The molecule has 0 saturated carbocycles. The zero-order chi connectivity index (χ0) is 18.5. The standard InChI is InChI=1S/C18H24FN3O4/c1-13-17(20-6-11-25-13)18(24)22-9-7-21(8-10-22)16(23)12-26-15-4-2-14(19)3-5-15/h2-5,13,17,20H,6-12H2,1H3/t13-,17+/m1/s1. The van der Waals surface area contributed by atoms with Gasteiger partial charge in [0.05, 0.1) is 12.7 Å². The highest BCUT2D eigenvalue weighted by molar-refractivity contribution is 5.83. The number of nitrogens with one attached hydrogen (secondary N) is 1. The summed E-state index contributed by atoms with van der Waals surface area (Å²) in [5.41, 5.74) is 0. The van der Waals surface area contributed by atoms with Crippen LogP contribution in [0.15, 0.2) is 24.3 Å². The normalized spacial score (nSPS) is 23.6. The zero-order valence-corrected chi connectivity index (χ0v) is 14.8. The first kappa shape index (κ1) is 18.6. The summed E-state index contributed by atoms with van der Waals surface area (Å²) in [6.45, 7) is 4.99. The van der Waals surface area contributed by atoms with Crippen LogP contribution >= 0.6 is 0 Å². The van der Waals surface area contributed by atoms with E-state index in [1.165, 1.54) is 24.3 Å². The van der Waals surface area contributed by atoms with E-state index in [1.807, 2.05) is 6.92 Å². The molecule has 7 nitrogen and oxygen atoms in total. The summed E-state index contributed by atoms with van der Waals surface area (Å²) in [6.07, 6.45) is -0.153. The highest BCUT2D eigenvalue weighted by Gasteiger charge is 2.33. The molecule has 1 aromatic carbocycles. The maximum atomic E-state index is 12.9. The number of rotatable bonds is 4. The van der Waals surface area contributed by atoms with Crippen molar-refractivity contribution >= 4 is 11.8 Å². The Balaban J connectivity index is 1.44. The van der Waals surface area contributed by atoms with E-state index in [0.29, 0.717) is 45.1 Å². The van der Waals surface area contributed by atoms with Crippen molar-refractivity contribution in [2.45, 2.75) is 19.1 Å². The van der Waals surface area contributed by atoms with Gasteiger partial charge in [-0.25, -0.2) is 4.39 Å². The van der Waals surface area contributed by atoms with Gasteiger partial charge in [-0.3, -0.25) is 9.59 Å². The first-order valence-corrected chi connectivity index (χ1v) is 8.84. The molecular weight excluding hydrogens is 341 g/mol. The van der Waals surface area contributed by atoms with E-state index < -0.39 is 0 Å². The molecule has 2 amide bonds. The Kier molecular flexibility index (Phi) is 6.05. The number of carbonyl (C=O) groups is 2. The van der Waals surface area contributed by atoms with Gasteiger partial charge < -0.3 is 24.6 Å². The third-order valence-corrected chi connectivity index (χ3v) is 4.70. The maximum absolute atomic E-state index is 12.9. The predicted molar refractivity (Wildman–Crippen MR) is 92.3 cm³/mol. The van der Waals surface area contributed by atoms with E-state index in [2.05, 4.69) is 5.32 Å². The fourth-order valence-electron chi connectivity index (χ4n) is 3.15. The minimum absolute atomic E-state index is 0.0202. The van der Waals surface area contributed by atoms with Crippen LogP contribution in [0.2, 0.25) is 0 Å². The monoisotopic (exact) mass is 365 g/mol. The van der Waals surface area contributed by atoms with Crippen LogP contribution in [0.25, 0.3) is 0 Å². The summed E-state index contributed by atoms with van der Waals surface area (Å²) < 4.78 is 23.8. The molecule has 3 rings (SSSR count). The summed E-state index contributed by atoms with van der Waals surface area (Å²) >= 11 is 0. The van der Waals surface area contributed by atoms with Crippen LogP contribution in [0.4, 0.5) is 4.39 Å². The lowest BCUT2D eigenvalue weighted by molar-refractivity contribution is -0.145. The molecule has 0 spiro atoms. The summed E-state index contributed by atoms with van der Waals surface area (Å²) in [6, 6.07) is 5.22. The second kappa shape index (κ2) is 8.46. The minimum atomic E-state index is -0.350. The molecule has 1 N–H and O–H groups in total. The molecule has 0 bridgehead atoms. The third-order valence-electron chi connectivity index (χ3n) is 4.70. The van der Waals surface area contributed by atoms with Crippen LogP contribution in [0.1, 0.15) is 6.92 Å². The van der Waals surface area contributed by atoms with E-state index in [1.54, 1.807) is 9.80 Å². The quantitative estimate of drug-likeness (QED) is 0.828. The lowest BCUT2D eigenvalue weighted by Gasteiger charge is -2.38. The molecule has 0 aliphatic carbocycles. The highest BCUT2D eigenvalue weighted by Crippen LogP contribution is 2.13. The maximum Gasteiger partial charge on any atom is 0.260 e. The molecule has 8 heteroatoms. The Bertz CT molecular complexity index is 632. The lowest BCUT2D eigenvalue weighted by atomic mass is 10.1. The fraction of sp³-hybridized carbons (Fsp3) is 0.556. The molecule has 2 aliphatic heterocycles. The van der Waals surface area contributed by atoms with Crippen molar-refractivity contribution in [2.24, 2.45) is 0 Å². The van der Waals surface area contributed by atoms with Crippen molar-refractivity contribution < 1.29 is 23.5 Å². The van der Waals surface area contributed by atoms with Gasteiger partial charge in [-0.2, -0.15) is 0 Å². The minimum Gasteiger partial charge on any atom is -0.484 e. The van der Waals surface area contributed by atoms with E-state index in [0.717, 1.165) is 0 Å². The van der Waals surface area contributed by atoms with Gasteiger partial charge in [0.1, 0.15) is 17.6 Å². The smallest absolute Gasteiger partial charge is 0.260 e. The van der Waals surface area contributed by atoms with Crippen molar-refractivity contribution in [3.63, 3.8) is 0 Å². The number of hydrogen-bond acceptors (Lipinski definition) is 5. The second-order valence-corrected chi connectivity index (χ2v) is 6.46. The Morgan fingerprint density at radius 2 is 1.85 bits per heavy atom. The van der Waals surface area contributed by atoms with Crippen LogP contribution in [-0.2, 0) is 14.3 Å². The molecule has 0 unspecified atom stereocenters. The SMILES string of the molecule is C[C@H]1OCCN[C@@H]1C(=O)N1CCN(C(=O)COc2ccc(F)cc2)CC1. The van der Waals surface area contributed by atoms with Gasteiger partial charge in [0.2, 0.25) is 5.91 Å². The summed E-state index contributed by atoms with van der Waals surface area (Å²) in [7, 11) is 0. The summed E-state index contributed by atoms with van der Waals surface area (Å²) in [5.74, 6) is -0.0247. The molecule has 2 saturated heterocycles. The molecule has 2 atom stereocenters. The summed E-state index contributed by atoms with van der Waals surface area (Å²) in [5, 5.41) is 3.20. The Labute approximate surface area is 152 Å². The molecule has 142 valence electrons. The van der Waals surface area contributed by atoms with Gasteiger partial charge in [0, 0.05) is 32.7 Å². The molecule has 2 heterocycles. The van der Waals surface area contributed by atoms with Crippen molar-refractivity contribution in [3.8, 4) is 5.75 Å². The zero-order valence-electron chi connectivity index (χ0n) is 14.8. The topological polar surface area (TPSA) is 71.1 Å². The number of halogens is 1.